The van der Waals surface area contributed by atoms with Crippen molar-refractivity contribution in [3.63, 3.8) is 0 Å². The van der Waals surface area contributed by atoms with Crippen LogP contribution in [0.2, 0.25) is 0 Å². The minimum absolute atomic E-state index is 0.0289. The Hall–Kier alpha value is -8.32. The summed E-state index contributed by atoms with van der Waals surface area (Å²) in [4.78, 5) is 108. The van der Waals surface area contributed by atoms with Gasteiger partial charge >= 0.3 is 0 Å². The fraction of sp³-hybridized carbons (Fsp3) is 0.407. The lowest BCUT2D eigenvalue weighted by molar-refractivity contribution is -0.118. The maximum absolute atomic E-state index is 14.1. The van der Waals surface area contributed by atoms with E-state index in [0.717, 1.165) is 6.42 Å². The van der Waals surface area contributed by atoms with Crippen molar-refractivity contribution in [3.05, 3.63) is 95.1 Å². The normalized spacial score (nSPS) is 12.3. The molecule has 0 aromatic heterocycles. The molecule has 0 saturated carbocycles. The van der Waals surface area contributed by atoms with Crippen LogP contribution in [-0.4, -0.2) is 119 Å². The zero-order chi connectivity index (χ0) is 57.3. The molecule has 0 aliphatic rings. The first-order chi connectivity index (χ1) is 37.4. The Kier molecular flexibility index (Phi) is 25.3. The summed E-state index contributed by atoms with van der Waals surface area (Å²) in [5, 5.41) is 19.1. The number of benzene rings is 4. The lowest BCUT2D eigenvalue weighted by Gasteiger charge is -2.21. The van der Waals surface area contributed by atoms with E-state index in [1.165, 1.54) is 102 Å². The molecular formula is C54H74N12O12. The number of nitrogens with two attached hydrogens (primary N) is 5. The predicted molar refractivity (Wildman–Crippen MR) is 296 cm³/mol. The third-order valence-corrected chi connectivity index (χ3v) is 12.3. The van der Waals surface area contributed by atoms with E-state index in [1.807, 2.05) is 0 Å². The number of amides is 8. The second-order valence-corrected chi connectivity index (χ2v) is 18.0. The molecule has 24 heteroatoms. The number of methoxy groups -OCH3 is 4. The van der Waals surface area contributed by atoms with Crippen molar-refractivity contribution in [1.29, 1.82) is 0 Å². The molecule has 4 aromatic carbocycles. The second kappa shape index (κ2) is 31.7. The quantitative estimate of drug-likeness (QED) is 0.0313. The van der Waals surface area contributed by atoms with Crippen LogP contribution in [0.15, 0.2) is 72.8 Å². The molecule has 4 atom stereocenters. The van der Waals surface area contributed by atoms with Gasteiger partial charge in [-0.05, 0) is 144 Å². The molecule has 0 aliphatic carbocycles. The van der Waals surface area contributed by atoms with Gasteiger partial charge in [0.1, 0.15) is 41.1 Å². The van der Waals surface area contributed by atoms with E-state index in [2.05, 4.69) is 37.2 Å². The average molecular weight is 1080 g/mol. The first-order valence-electron chi connectivity index (χ1n) is 25.5. The van der Waals surface area contributed by atoms with Gasteiger partial charge in [-0.25, -0.2) is 0 Å². The van der Waals surface area contributed by atoms with Gasteiger partial charge < -0.3 is 84.8 Å². The maximum atomic E-state index is 14.1. The molecule has 24 nitrogen and oxygen atoms in total. The fourth-order valence-corrected chi connectivity index (χ4v) is 7.96. The first-order valence-corrected chi connectivity index (χ1v) is 25.5. The zero-order valence-corrected chi connectivity index (χ0v) is 44.7. The summed E-state index contributed by atoms with van der Waals surface area (Å²) < 4.78 is 21.6. The van der Waals surface area contributed by atoms with Crippen LogP contribution in [0.1, 0.15) is 113 Å². The molecule has 0 radical (unpaired) electrons. The average Bonchev–Trinajstić information content (AvgIpc) is 3.43. The predicted octanol–water partition coefficient (Wildman–Crippen LogP) is 3.09. The Labute approximate surface area is 453 Å². The second-order valence-electron chi connectivity index (χ2n) is 18.0. The summed E-state index contributed by atoms with van der Waals surface area (Å²) in [5.41, 5.74) is 29.4. The van der Waals surface area contributed by atoms with Crippen LogP contribution < -0.4 is 84.8 Å². The van der Waals surface area contributed by atoms with Crippen LogP contribution in [0.25, 0.3) is 0 Å². The molecule has 422 valence electrons. The highest BCUT2D eigenvalue weighted by atomic mass is 16.5. The molecule has 8 amide bonds. The number of hydrogen-bond donors (Lipinski definition) is 12. The number of nitrogens with one attached hydrogen (secondary N) is 7. The van der Waals surface area contributed by atoms with Crippen LogP contribution in [-0.2, 0) is 19.2 Å². The molecular weight excluding hydrogens is 1010 g/mol. The van der Waals surface area contributed by atoms with Crippen LogP contribution >= 0.6 is 0 Å². The highest BCUT2D eigenvalue weighted by Gasteiger charge is 2.28. The van der Waals surface area contributed by atoms with Gasteiger partial charge in [0.25, 0.3) is 23.6 Å². The molecule has 0 heterocycles. The van der Waals surface area contributed by atoms with Crippen molar-refractivity contribution >= 4 is 70.0 Å². The highest BCUT2D eigenvalue weighted by molar-refractivity contribution is 6.07. The van der Waals surface area contributed by atoms with Gasteiger partial charge in [0, 0.05) is 22.7 Å². The maximum Gasteiger partial charge on any atom is 0.255 e. The molecule has 0 aliphatic heterocycles. The van der Waals surface area contributed by atoms with Gasteiger partial charge in [0.05, 0.1) is 56.7 Å². The molecule has 0 bridgehead atoms. The van der Waals surface area contributed by atoms with Crippen molar-refractivity contribution in [2.45, 2.75) is 95.3 Å². The third kappa shape index (κ3) is 18.5. The van der Waals surface area contributed by atoms with E-state index < -0.39 is 71.4 Å². The summed E-state index contributed by atoms with van der Waals surface area (Å²) in [5.74, 6) is -4.61. The number of rotatable bonds is 32. The smallest absolute Gasteiger partial charge is 0.255 e. The summed E-state index contributed by atoms with van der Waals surface area (Å²) in [7, 11) is 5.44. The molecule has 0 saturated heterocycles. The van der Waals surface area contributed by atoms with E-state index in [1.54, 1.807) is 6.07 Å². The highest BCUT2D eigenvalue weighted by Crippen LogP contribution is 2.28. The number of hydrogen-bond acceptors (Lipinski definition) is 16. The number of carbonyl (C=O) groups is 8. The lowest BCUT2D eigenvalue weighted by atomic mass is 10.0. The van der Waals surface area contributed by atoms with Crippen molar-refractivity contribution in [2.75, 3.05) is 69.3 Å². The van der Waals surface area contributed by atoms with Gasteiger partial charge in [-0.1, -0.05) is 19.3 Å². The van der Waals surface area contributed by atoms with Gasteiger partial charge in [-0.3, -0.25) is 38.4 Å². The monoisotopic (exact) mass is 1080 g/mol. The van der Waals surface area contributed by atoms with E-state index in [9.17, 15) is 38.4 Å². The van der Waals surface area contributed by atoms with Crippen LogP contribution in [0.5, 0.6) is 23.0 Å². The van der Waals surface area contributed by atoms with Crippen LogP contribution in [0, 0.1) is 0 Å². The molecule has 4 aromatic rings. The Balaban J connectivity index is 1.51. The van der Waals surface area contributed by atoms with E-state index in [4.69, 9.17) is 47.6 Å². The van der Waals surface area contributed by atoms with Crippen molar-refractivity contribution < 1.29 is 57.3 Å². The van der Waals surface area contributed by atoms with Gasteiger partial charge in [0.2, 0.25) is 23.6 Å². The fourth-order valence-electron chi connectivity index (χ4n) is 7.96. The van der Waals surface area contributed by atoms with Crippen LogP contribution in [0.4, 0.5) is 22.7 Å². The molecule has 0 fully saturated rings. The minimum Gasteiger partial charge on any atom is -0.496 e. The number of unbranched alkanes of at least 4 members (excludes halogenated alkanes) is 4. The van der Waals surface area contributed by atoms with Crippen molar-refractivity contribution in [1.82, 2.24) is 16.0 Å². The third-order valence-electron chi connectivity index (χ3n) is 12.3. The summed E-state index contributed by atoms with van der Waals surface area (Å²) in [6.07, 6.45) is 5.02. The standard InChI is InChI=1S/C54H74N12O12/c1-31(60-49(69)37-29-34(18-22-44(37)76-3)62-52(72)40(58)13-8-11-25-56)48(68)61-33-17-21-45(77-4)38(28-33)50(70)65-41(14-7-6-10-24-55)53(73)64-35-19-23-46(78-5)39(30-35)51(71)66-42(15-9-12-26-57)54(74)63-32-16-20-43(75-2)36(27-32)47(59)67/h16-23,27-31,40-42H,6-15,24-26,55-58H2,1-5H3,(H2,59,67)(H,60,69)(H,61,68)(H,62,72)(H,63,74)(H,64,73)(H,65,70)(H,66,71)/t31-,40-,41-,42-/m0/s1. The Morgan fingerprint density at radius 3 is 1.13 bits per heavy atom. The zero-order valence-electron chi connectivity index (χ0n) is 44.7. The van der Waals surface area contributed by atoms with E-state index in [-0.39, 0.29) is 80.8 Å². The molecule has 78 heavy (non-hydrogen) atoms. The minimum atomic E-state index is -1.14. The molecule has 0 unspecified atom stereocenters. The van der Waals surface area contributed by atoms with Crippen molar-refractivity contribution in [3.8, 4) is 23.0 Å². The number of ether oxygens (including phenoxy) is 4. The van der Waals surface area contributed by atoms with E-state index in [0.29, 0.717) is 64.6 Å². The molecule has 17 N–H and O–H groups in total. The lowest BCUT2D eigenvalue weighted by Crippen LogP contribution is -2.44. The summed E-state index contributed by atoms with van der Waals surface area (Å²) in [6, 6.07) is 13.3. The SMILES string of the molecule is COc1ccc(NC(=O)[C@H](CCCCN)NC(=O)c2cc(NC(=O)[C@H](CCCCCN)NC(=O)c3cc(NC(=O)[C@H](C)NC(=O)c4cc(NC(=O)[C@@H](N)CCCCN)ccc4OC)ccc3OC)ccc2OC)cc1C(N)=O. The van der Waals surface area contributed by atoms with E-state index >= 15 is 0 Å². The largest absolute Gasteiger partial charge is 0.496 e. The Morgan fingerprint density at radius 1 is 0.423 bits per heavy atom. The summed E-state index contributed by atoms with van der Waals surface area (Å²) >= 11 is 0. The number of anilines is 4. The first kappa shape index (κ1) is 62.2. The molecule has 4 rings (SSSR count). The van der Waals surface area contributed by atoms with Gasteiger partial charge in [-0.15, -0.1) is 0 Å². The van der Waals surface area contributed by atoms with Crippen LogP contribution in [0.3, 0.4) is 0 Å². The Bertz CT molecular complexity index is 2740. The Morgan fingerprint density at radius 2 is 0.744 bits per heavy atom. The van der Waals surface area contributed by atoms with Gasteiger partial charge in [-0.2, -0.15) is 0 Å². The molecule has 0 spiro atoms. The number of primary amides is 1. The summed E-state index contributed by atoms with van der Waals surface area (Å²) in [6.45, 7) is 2.69. The van der Waals surface area contributed by atoms with Gasteiger partial charge in [0.15, 0.2) is 0 Å². The topological polar surface area (TPSA) is 388 Å². The number of carbonyl (C=O) groups excluding carboxylic acids is 8. The van der Waals surface area contributed by atoms with Crippen molar-refractivity contribution in [2.24, 2.45) is 28.7 Å².